The van der Waals surface area contributed by atoms with Gasteiger partial charge >= 0.3 is 5.97 Å². The van der Waals surface area contributed by atoms with Crippen molar-refractivity contribution in [1.29, 1.82) is 0 Å². The molecule has 0 spiro atoms. The molecule has 0 heterocycles. The lowest BCUT2D eigenvalue weighted by Crippen LogP contribution is -2.04. The lowest BCUT2D eigenvalue weighted by atomic mass is 10.2. The Morgan fingerprint density at radius 3 is 2.83 bits per heavy atom. The van der Waals surface area contributed by atoms with Crippen LogP contribution in [0.3, 0.4) is 0 Å². The Kier molecular flexibility index (Phi) is 6.58. The molecular weight excluding hydrogens is 244 g/mol. The van der Waals surface area contributed by atoms with Crippen LogP contribution in [0.25, 0.3) is 0 Å². The van der Waals surface area contributed by atoms with E-state index >= 15 is 0 Å². The number of thioether (sulfide) groups is 1. The van der Waals surface area contributed by atoms with Crippen molar-refractivity contribution in [2.24, 2.45) is 0 Å². The summed E-state index contributed by atoms with van der Waals surface area (Å²) in [5.41, 5.74) is 3.37. The minimum atomic E-state index is -0.214. The molecule has 98 valence electrons. The summed E-state index contributed by atoms with van der Waals surface area (Å²) >= 11 is 1.80. The Hall–Kier alpha value is -1.22. The van der Waals surface area contributed by atoms with Gasteiger partial charge in [-0.15, -0.1) is 0 Å². The summed E-state index contributed by atoms with van der Waals surface area (Å²) in [7, 11) is 1.42. The summed E-state index contributed by atoms with van der Waals surface area (Å²) in [5, 5.41) is 0. The lowest BCUT2D eigenvalue weighted by Gasteiger charge is -2.03. The van der Waals surface area contributed by atoms with Gasteiger partial charge < -0.3 is 4.74 Å². The van der Waals surface area contributed by atoms with Crippen molar-refractivity contribution in [3.05, 3.63) is 47.0 Å². The van der Waals surface area contributed by atoms with E-state index in [1.807, 2.05) is 13.0 Å². The molecule has 0 unspecified atom stereocenters. The first-order chi connectivity index (χ1) is 8.67. The number of aryl methyl sites for hydroxylation is 1. The van der Waals surface area contributed by atoms with Gasteiger partial charge in [0.15, 0.2) is 0 Å². The molecule has 0 aliphatic carbocycles. The van der Waals surface area contributed by atoms with Gasteiger partial charge in [-0.3, -0.25) is 0 Å². The zero-order chi connectivity index (χ0) is 13.4. The summed E-state index contributed by atoms with van der Waals surface area (Å²) in [5.74, 6) is 1.59. The highest BCUT2D eigenvalue weighted by Crippen LogP contribution is 2.15. The predicted octanol–water partition coefficient (Wildman–Crippen LogP) is 3.74. The van der Waals surface area contributed by atoms with Crippen molar-refractivity contribution in [2.75, 3.05) is 12.9 Å². The Balaban J connectivity index is 2.42. The number of carbonyl (C=O) groups is 1. The van der Waals surface area contributed by atoms with Crippen LogP contribution in [0.5, 0.6) is 0 Å². The monoisotopic (exact) mass is 264 g/mol. The number of carbonyl (C=O) groups excluding carboxylic acids is 1. The molecule has 0 aliphatic heterocycles. The highest BCUT2D eigenvalue weighted by atomic mass is 32.2. The maximum atomic E-state index is 11.4. The highest BCUT2D eigenvalue weighted by molar-refractivity contribution is 7.98. The molecule has 3 heteroatoms. The van der Waals surface area contributed by atoms with Gasteiger partial charge in [0.25, 0.3) is 0 Å². The number of ether oxygens (including phenoxy) is 1. The molecule has 1 rings (SSSR count). The number of hydrogen-bond acceptors (Lipinski definition) is 3. The highest BCUT2D eigenvalue weighted by Gasteiger charge is 2.05. The van der Waals surface area contributed by atoms with E-state index in [0.29, 0.717) is 0 Å². The smallest absolute Gasteiger partial charge is 0.333 e. The van der Waals surface area contributed by atoms with Crippen LogP contribution in [0.4, 0.5) is 0 Å². The van der Waals surface area contributed by atoms with Crippen LogP contribution < -0.4 is 0 Å². The first-order valence-corrected chi connectivity index (χ1v) is 7.23. The number of rotatable bonds is 6. The zero-order valence-corrected chi connectivity index (χ0v) is 12.0. The third kappa shape index (κ3) is 4.96. The topological polar surface area (TPSA) is 26.3 Å². The second-order valence-corrected chi connectivity index (χ2v) is 5.11. The fourth-order valence-electron chi connectivity index (χ4n) is 1.64. The largest absolute Gasteiger partial charge is 0.466 e. The van der Waals surface area contributed by atoms with Crippen LogP contribution >= 0.6 is 11.8 Å². The minimum absolute atomic E-state index is 0.214. The van der Waals surface area contributed by atoms with Crippen molar-refractivity contribution >= 4 is 17.7 Å². The van der Waals surface area contributed by atoms with E-state index in [0.717, 1.165) is 23.5 Å². The predicted molar refractivity (Wildman–Crippen MR) is 77.7 cm³/mol. The first kappa shape index (κ1) is 14.8. The van der Waals surface area contributed by atoms with Crippen molar-refractivity contribution < 1.29 is 9.53 Å². The van der Waals surface area contributed by atoms with Crippen LogP contribution in [0.1, 0.15) is 24.5 Å². The van der Waals surface area contributed by atoms with Crippen molar-refractivity contribution in [1.82, 2.24) is 0 Å². The molecule has 0 aromatic heterocycles. The van der Waals surface area contributed by atoms with Crippen molar-refractivity contribution in [3.8, 4) is 0 Å². The average Bonchev–Trinajstić information content (AvgIpc) is 2.38. The molecule has 0 atom stereocenters. The fraction of sp³-hybridized carbons (Fsp3) is 0.400. The Morgan fingerprint density at radius 2 is 2.22 bits per heavy atom. The molecule has 0 fully saturated rings. The lowest BCUT2D eigenvalue weighted by molar-refractivity contribution is -0.136. The molecule has 0 radical (unpaired) electrons. The zero-order valence-electron chi connectivity index (χ0n) is 11.2. The maximum Gasteiger partial charge on any atom is 0.333 e. The summed E-state index contributed by atoms with van der Waals surface area (Å²) in [4.78, 5) is 11.4. The number of methoxy groups -OCH3 is 1. The molecular formula is C15H20O2S. The second kappa shape index (κ2) is 7.98. The maximum absolute atomic E-state index is 11.4. The van der Waals surface area contributed by atoms with Crippen LogP contribution in [0.2, 0.25) is 0 Å². The third-order valence-electron chi connectivity index (χ3n) is 2.63. The van der Waals surface area contributed by atoms with Crippen LogP contribution in [0.15, 0.2) is 35.9 Å². The van der Waals surface area contributed by atoms with Gasteiger partial charge in [-0.05, 0) is 18.9 Å². The molecule has 0 saturated carbocycles. The van der Waals surface area contributed by atoms with Gasteiger partial charge in [0.05, 0.1) is 7.11 Å². The molecule has 2 nitrogen and oxygen atoms in total. The first-order valence-electron chi connectivity index (χ1n) is 6.08. The van der Waals surface area contributed by atoms with Crippen molar-refractivity contribution in [3.63, 3.8) is 0 Å². The van der Waals surface area contributed by atoms with Gasteiger partial charge in [0.1, 0.15) is 0 Å². The molecule has 0 N–H and O–H groups in total. The summed E-state index contributed by atoms with van der Waals surface area (Å²) < 4.78 is 4.72. The normalized spacial score (nSPS) is 11.4. The summed E-state index contributed by atoms with van der Waals surface area (Å²) in [6, 6.07) is 8.50. The van der Waals surface area contributed by atoms with Crippen molar-refractivity contribution in [2.45, 2.75) is 26.0 Å². The van der Waals surface area contributed by atoms with Crippen LogP contribution in [-0.4, -0.2) is 18.8 Å². The minimum Gasteiger partial charge on any atom is -0.466 e. The number of esters is 1. The van der Waals surface area contributed by atoms with E-state index in [9.17, 15) is 4.79 Å². The Bertz CT molecular complexity index is 424. The van der Waals surface area contributed by atoms with Gasteiger partial charge in [-0.1, -0.05) is 42.8 Å². The van der Waals surface area contributed by atoms with E-state index in [2.05, 4.69) is 31.2 Å². The quantitative estimate of drug-likeness (QED) is 0.445. The van der Waals surface area contributed by atoms with Crippen LogP contribution in [-0.2, 0) is 15.3 Å². The third-order valence-corrected chi connectivity index (χ3v) is 3.57. The van der Waals surface area contributed by atoms with E-state index in [-0.39, 0.29) is 5.97 Å². The molecule has 0 amide bonds. The van der Waals surface area contributed by atoms with E-state index < -0.39 is 0 Å². The Morgan fingerprint density at radius 1 is 1.44 bits per heavy atom. The molecule has 1 aromatic carbocycles. The Labute approximate surface area is 113 Å². The molecule has 18 heavy (non-hydrogen) atoms. The summed E-state index contributed by atoms with van der Waals surface area (Å²) in [6.45, 7) is 4.06. The van der Waals surface area contributed by atoms with E-state index in [1.54, 1.807) is 11.8 Å². The SMILES string of the molecule is CCC(=CCSCc1cccc(C)c1)C(=O)OC. The van der Waals surface area contributed by atoms with Gasteiger partial charge in [-0.2, -0.15) is 11.8 Å². The molecule has 0 aliphatic rings. The van der Waals surface area contributed by atoms with Gasteiger partial charge in [0, 0.05) is 17.1 Å². The molecule has 1 aromatic rings. The fourth-order valence-corrected chi connectivity index (χ4v) is 2.49. The number of hydrogen-bond donors (Lipinski definition) is 0. The van der Waals surface area contributed by atoms with E-state index in [4.69, 9.17) is 4.74 Å². The summed E-state index contributed by atoms with van der Waals surface area (Å²) in [6.07, 6.45) is 2.68. The van der Waals surface area contributed by atoms with Gasteiger partial charge in [0.2, 0.25) is 0 Å². The van der Waals surface area contributed by atoms with E-state index in [1.165, 1.54) is 18.2 Å². The molecule has 0 saturated heterocycles. The number of benzene rings is 1. The van der Waals surface area contributed by atoms with Gasteiger partial charge in [-0.25, -0.2) is 4.79 Å². The molecule has 0 bridgehead atoms. The average molecular weight is 264 g/mol. The van der Waals surface area contributed by atoms with Crippen LogP contribution in [0, 0.1) is 6.92 Å². The standard InChI is InChI=1S/C15H20O2S/c1-4-14(15(16)17-3)8-9-18-11-13-7-5-6-12(2)10-13/h5-8,10H,4,9,11H2,1-3H3. The second-order valence-electron chi connectivity index (χ2n) is 4.08.